The van der Waals surface area contributed by atoms with Gasteiger partial charge >= 0.3 is 17.9 Å². The number of benzene rings is 6. The highest BCUT2D eigenvalue weighted by atomic mass is 16.5. The summed E-state index contributed by atoms with van der Waals surface area (Å²) in [5.41, 5.74) is 8.53. The second-order valence-corrected chi connectivity index (χ2v) is 14.0. The zero-order valence-corrected chi connectivity index (χ0v) is 35.2. The van der Waals surface area contributed by atoms with Crippen molar-refractivity contribution in [2.45, 2.75) is 58.8 Å². The average Bonchev–Trinajstić information content (AvgIpc) is 3.31. The third kappa shape index (κ3) is 16.5. The summed E-state index contributed by atoms with van der Waals surface area (Å²) >= 11 is 0. The Balaban J connectivity index is 0.000000199. The molecular weight excluding hydrogens is 749 g/mol. The van der Waals surface area contributed by atoms with Gasteiger partial charge in [0.05, 0.1) is 36.5 Å². The van der Waals surface area contributed by atoms with E-state index in [1.807, 2.05) is 127 Å². The summed E-state index contributed by atoms with van der Waals surface area (Å²) in [4.78, 5) is 35.5. The maximum atomic E-state index is 11.9. The standard InChI is InChI=1S/C18H20O3.C18H20O2.C17H18O2/c1-20-13-5-6-14-21-18(19)17-11-9-16(10-12-17)15-7-3-2-4-8-15;1-2-3-7-14-20-18(19)17-12-10-16(11-13-17)15-8-5-4-6-9-15;1-2-3-13-19-17(18)16-11-9-15(10-12-16)14-7-5-4-6-8-14/h2-4,7-12H,5-6,13-14H2,1H3;4-6,8-13H,2-3,7,14H2,1H3;4-12H,2-3,13H2,1H3. The first kappa shape index (κ1) is 46.4. The number of carbonyl (C=O) groups is 3. The Morgan fingerprint density at radius 2 is 0.600 bits per heavy atom. The largest absolute Gasteiger partial charge is 0.462 e. The number of rotatable bonds is 18. The highest BCUT2D eigenvalue weighted by Crippen LogP contribution is 2.22. The molecule has 0 amide bonds. The van der Waals surface area contributed by atoms with Crippen molar-refractivity contribution < 1.29 is 33.3 Å². The van der Waals surface area contributed by atoms with Gasteiger partial charge in [-0.3, -0.25) is 0 Å². The monoisotopic (exact) mass is 806 g/mol. The first-order chi connectivity index (χ1) is 29.4. The molecule has 7 heteroatoms. The predicted molar refractivity (Wildman–Crippen MR) is 242 cm³/mol. The van der Waals surface area contributed by atoms with E-state index in [2.05, 4.69) is 38.1 Å². The van der Waals surface area contributed by atoms with Crippen molar-refractivity contribution in [3.05, 3.63) is 180 Å². The van der Waals surface area contributed by atoms with Crippen LogP contribution >= 0.6 is 0 Å². The molecule has 60 heavy (non-hydrogen) atoms. The maximum absolute atomic E-state index is 11.9. The zero-order valence-electron chi connectivity index (χ0n) is 35.2. The van der Waals surface area contributed by atoms with Gasteiger partial charge in [0, 0.05) is 13.7 Å². The van der Waals surface area contributed by atoms with Crippen molar-refractivity contribution in [2.24, 2.45) is 0 Å². The molecule has 0 heterocycles. The average molecular weight is 807 g/mol. The third-order valence-corrected chi connectivity index (χ3v) is 9.37. The summed E-state index contributed by atoms with van der Waals surface area (Å²) in [5, 5.41) is 0. The molecule has 0 saturated heterocycles. The first-order valence-electron chi connectivity index (χ1n) is 20.9. The molecule has 312 valence electrons. The molecule has 0 spiro atoms. The number of carbonyl (C=O) groups excluding carboxylic acids is 3. The number of esters is 3. The molecule has 0 atom stereocenters. The molecule has 0 saturated carbocycles. The molecule has 6 rings (SSSR count). The second-order valence-electron chi connectivity index (χ2n) is 14.0. The molecule has 0 aromatic heterocycles. The Bertz CT molecular complexity index is 2080. The molecular formula is C53H58O7. The number of methoxy groups -OCH3 is 1. The summed E-state index contributed by atoms with van der Waals surface area (Å²) in [5.74, 6) is -0.749. The van der Waals surface area contributed by atoms with Crippen LogP contribution in [0.3, 0.4) is 0 Å². The Morgan fingerprint density at radius 3 is 0.900 bits per heavy atom. The van der Waals surface area contributed by atoms with Crippen molar-refractivity contribution in [3.8, 4) is 33.4 Å². The highest BCUT2D eigenvalue weighted by Gasteiger charge is 2.09. The topological polar surface area (TPSA) is 88.1 Å². The quantitative estimate of drug-likeness (QED) is 0.0485. The van der Waals surface area contributed by atoms with Gasteiger partial charge in [-0.1, -0.05) is 161 Å². The normalized spacial score (nSPS) is 10.2. The van der Waals surface area contributed by atoms with Gasteiger partial charge in [0.15, 0.2) is 0 Å². The molecule has 7 nitrogen and oxygen atoms in total. The minimum Gasteiger partial charge on any atom is -0.462 e. The minimum atomic E-state index is -0.271. The van der Waals surface area contributed by atoms with Crippen LogP contribution in [0.5, 0.6) is 0 Å². The van der Waals surface area contributed by atoms with Gasteiger partial charge in [-0.05, 0) is 95.5 Å². The molecule has 0 aliphatic carbocycles. The molecule has 6 aromatic rings. The molecule has 6 aromatic carbocycles. The van der Waals surface area contributed by atoms with E-state index in [4.69, 9.17) is 18.9 Å². The van der Waals surface area contributed by atoms with Crippen LogP contribution in [0.2, 0.25) is 0 Å². The van der Waals surface area contributed by atoms with E-state index >= 15 is 0 Å². The number of ether oxygens (including phenoxy) is 4. The Labute approximate surface area is 356 Å². The van der Waals surface area contributed by atoms with Crippen molar-refractivity contribution in [3.63, 3.8) is 0 Å². The lowest BCUT2D eigenvalue weighted by atomic mass is 10.0. The van der Waals surface area contributed by atoms with Crippen LogP contribution < -0.4 is 0 Å². The van der Waals surface area contributed by atoms with E-state index in [1.54, 1.807) is 19.2 Å². The van der Waals surface area contributed by atoms with E-state index in [9.17, 15) is 14.4 Å². The number of hydrogen-bond acceptors (Lipinski definition) is 7. The van der Waals surface area contributed by atoms with Gasteiger partial charge in [-0.25, -0.2) is 14.4 Å². The summed E-state index contributed by atoms with van der Waals surface area (Å²) in [6.45, 7) is 6.33. The van der Waals surface area contributed by atoms with Crippen LogP contribution in [0.4, 0.5) is 0 Å². The molecule has 0 unspecified atom stereocenters. The van der Waals surface area contributed by atoms with Crippen molar-refractivity contribution in [1.29, 1.82) is 0 Å². The predicted octanol–water partition coefficient (Wildman–Crippen LogP) is 12.9. The van der Waals surface area contributed by atoms with Crippen LogP contribution in [-0.2, 0) is 18.9 Å². The van der Waals surface area contributed by atoms with E-state index in [0.717, 1.165) is 78.3 Å². The van der Waals surface area contributed by atoms with Crippen LogP contribution in [0, 0.1) is 0 Å². The molecule has 0 aliphatic heterocycles. The second kappa shape index (κ2) is 27.4. The minimum absolute atomic E-state index is 0.235. The van der Waals surface area contributed by atoms with Gasteiger partial charge in [-0.2, -0.15) is 0 Å². The lowest BCUT2D eigenvalue weighted by Gasteiger charge is -2.06. The van der Waals surface area contributed by atoms with Gasteiger partial charge in [0.25, 0.3) is 0 Å². The van der Waals surface area contributed by atoms with Crippen LogP contribution in [0.15, 0.2) is 164 Å². The Morgan fingerprint density at radius 1 is 0.333 bits per heavy atom. The number of unbranched alkanes of at least 4 members (excludes halogenated alkanes) is 4. The highest BCUT2D eigenvalue weighted by molar-refractivity contribution is 5.91. The summed E-state index contributed by atoms with van der Waals surface area (Å²) in [7, 11) is 1.67. The summed E-state index contributed by atoms with van der Waals surface area (Å²) < 4.78 is 20.6. The lowest BCUT2D eigenvalue weighted by molar-refractivity contribution is 0.0483. The van der Waals surface area contributed by atoms with Crippen molar-refractivity contribution in [2.75, 3.05) is 33.5 Å². The molecule has 0 fully saturated rings. The zero-order chi connectivity index (χ0) is 42.6. The van der Waals surface area contributed by atoms with Crippen LogP contribution in [-0.4, -0.2) is 51.4 Å². The lowest BCUT2D eigenvalue weighted by Crippen LogP contribution is -2.06. The fourth-order valence-corrected chi connectivity index (χ4v) is 5.88. The van der Waals surface area contributed by atoms with Gasteiger partial charge in [-0.15, -0.1) is 0 Å². The summed E-state index contributed by atoms with van der Waals surface area (Å²) in [6, 6.07) is 52.9. The van der Waals surface area contributed by atoms with Crippen molar-refractivity contribution >= 4 is 17.9 Å². The molecule has 0 N–H and O–H groups in total. The Kier molecular flexibility index (Phi) is 21.2. The van der Waals surface area contributed by atoms with E-state index in [-0.39, 0.29) is 17.9 Å². The maximum Gasteiger partial charge on any atom is 0.338 e. The van der Waals surface area contributed by atoms with E-state index in [1.165, 1.54) is 0 Å². The van der Waals surface area contributed by atoms with Gasteiger partial charge < -0.3 is 18.9 Å². The number of hydrogen-bond donors (Lipinski definition) is 0. The smallest absolute Gasteiger partial charge is 0.338 e. The van der Waals surface area contributed by atoms with Gasteiger partial charge in [0.2, 0.25) is 0 Å². The van der Waals surface area contributed by atoms with E-state index < -0.39 is 0 Å². The Hall–Kier alpha value is -6.31. The molecule has 0 aliphatic rings. The fraction of sp³-hybridized carbons (Fsp3) is 0.264. The molecule has 0 bridgehead atoms. The fourth-order valence-electron chi connectivity index (χ4n) is 5.88. The third-order valence-electron chi connectivity index (χ3n) is 9.37. The van der Waals surface area contributed by atoms with Crippen LogP contribution in [0.25, 0.3) is 33.4 Å². The SMILES string of the molecule is CCCCCOC(=O)c1ccc(-c2ccccc2)cc1.CCCCOC(=O)c1ccc(-c2ccccc2)cc1.COCCCCOC(=O)c1ccc(-c2ccccc2)cc1. The van der Waals surface area contributed by atoms with E-state index in [0.29, 0.717) is 43.1 Å². The summed E-state index contributed by atoms with van der Waals surface area (Å²) in [6.07, 6.45) is 6.82. The van der Waals surface area contributed by atoms with Gasteiger partial charge in [0.1, 0.15) is 0 Å². The molecule has 0 radical (unpaired) electrons. The van der Waals surface area contributed by atoms with Crippen molar-refractivity contribution in [1.82, 2.24) is 0 Å². The van der Waals surface area contributed by atoms with Crippen LogP contribution in [0.1, 0.15) is 89.9 Å². The first-order valence-corrected chi connectivity index (χ1v) is 20.9.